The highest BCUT2D eigenvalue weighted by Crippen LogP contribution is 2.16. The molecule has 18 heavy (non-hydrogen) atoms. The lowest BCUT2D eigenvalue weighted by molar-refractivity contribution is 0.0955. The number of carbonyl (C=O) groups is 1. The van der Waals surface area contributed by atoms with Crippen LogP contribution < -0.4 is 10.6 Å². The monoisotopic (exact) mass is 268 g/mol. The number of anilines is 1. The molecule has 1 aromatic carbocycles. The molecule has 0 bridgehead atoms. The van der Waals surface area contributed by atoms with Crippen molar-refractivity contribution in [3.05, 3.63) is 29.3 Å². The van der Waals surface area contributed by atoms with Gasteiger partial charge in [-0.15, -0.1) is 0 Å². The maximum atomic E-state index is 12.0. The van der Waals surface area contributed by atoms with E-state index in [-0.39, 0.29) is 11.2 Å². The standard InChI is InChI=1S/C13H20N2O2S/c1-9-5-6-11(12(7-9)14-3)13(16)15-8-10(2)18(4)17/h5-7,10,14H,8H2,1-4H3,(H,15,16). The molecule has 0 heterocycles. The molecule has 2 atom stereocenters. The third-order valence-electron chi connectivity index (χ3n) is 2.81. The molecule has 0 saturated heterocycles. The Bertz CT molecular complexity index is 460. The average Bonchev–Trinajstić information content (AvgIpc) is 2.34. The summed E-state index contributed by atoms with van der Waals surface area (Å²) in [6, 6.07) is 5.62. The minimum Gasteiger partial charge on any atom is -0.387 e. The fraction of sp³-hybridized carbons (Fsp3) is 0.462. The lowest BCUT2D eigenvalue weighted by atomic mass is 10.1. The fourth-order valence-corrected chi connectivity index (χ4v) is 1.83. The van der Waals surface area contributed by atoms with E-state index in [1.54, 1.807) is 19.4 Å². The number of amides is 1. The summed E-state index contributed by atoms with van der Waals surface area (Å²) >= 11 is 0. The van der Waals surface area contributed by atoms with Crippen LogP contribution in [0.15, 0.2) is 18.2 Å². The number of aryl methyl sites for hydroxylation is 1. The van der Waals surface area contributed by atoms with E-state index in [0.29, 0.717) is 12.1 Å². The predicted octanol–water partition coefficient (Wildman–Crippen LogP) is 1.53. The summed E-state index contributed by atoms with van der Waals surface area (Å²) in [7, 11) is 0.863. The van der Waals surface area contributed by atoms with E-state index < -0.39 is 10.8 Å². The summed E-state index contributed by atoms with van der Waals surface area (Å²) in [6.07, 6.45) is 1.64. The lowest BCUT2D eigenvalue weighted by Crippen LogP contribution is -2.32. The summed E-state index contributed by atoms with van der Waals surface area (Å²) < 4.78 is 11.2. The van der Waals surface area contributed by atoms with Crippen LogP contribution in [0.5, 0.6) is 0 Å². The second-order valence-corrected chi connectivity index (χ2v) is 6.12. The normalized spacial score (nSPS) is 13.8. The topological polar surface area (TPSA) is 58.2 Å². The van der Waals surface area contributed by atoms with Gasteiger partial charge in [0.2, 0.25) is 0 Å². The van der Waals surface area contributed by atoms with Crippen LogP contribution in [0.4, 0.5) is 5.69 Å². The Morgan fingerprint density at radius 3 is 2.67 bits per heavy atom. The molecule has 0 fully saturated rings. The quantitative estimate of drug-likeness (QED) is 0.851. The molecule has 1 amide bonds. The van der Waals surface area contributed by atoms with Crippen LogP contribution in [0.3, 0.4) is 0 Å². The molecular formula is C13H20N2O2S. The maximum Gasteiger partial charge on any atom is 0.253 e. The van der Waals surface area contributed by atoms with Gasteiger partial charge in [0.1, 0.15) is 0 Å². The molecule has 0 radical (unpaired) electrons. The van der Waals surface area contributed by atoms with Crippen LogP contribution in [0.25, 0.3) is 0 Å². The van der Waals surface area contributed by atoms with Gasteiger partial charge in [-0.25, -0.2) is 0 Å². The molecule has 2 unspecified atom stereocenters. The lowest BCUT2D eigenvalue weighted by Gasteiger charge is -2.13. The van der Waals surface area contributed by atoms with Gasteiger partial charge < -0.3 is 10.6 Å². The van der Waals surface area contributed by atoms with Gasteiger partial charge in [-0.1, -0.05) is 6.07 Å². The van der Waals surface area contributed by atoms with Crippen LogP contribution in [0, 0.1) is 6.92 Å². The van der Waals surface area contributed by atoms with Crippen molar-refractivity contribution in [3.63, 3.8) is 0 Å². The number of nitrogens with one attached hydrogen (secondary N) is 2. The van der Waals surface area contributed by atoms with Gasteiger partial charge in [0.15, 0.2) is 0 Å². The number of hydrogen-bond donors (Lipinski definition) is 2. The summed E-state index contributed by atoms with van der Waals surface area (Å²) in [4.78, 5) is 12.0. The van der Waals surface area contributed by atoms with Crippen LogP contribution in [-0.2, 0) is 10.8 Å². The van der Waals surface area contributed by atoms with Crippen molar-refractivity contribution in [2.75, 3.05) is 25.2 Å². The Labute approximate surface area is 111 Å². The SMILES string of the molecule is CNc1cc(C)ccc1C(=O)NCC(C)S(C)=O. The van der Waals surface area contributed by atoms with E-state index in [4.69, 9.17) is 0 Å². The molecule has 5 heteroatoms. The summed E-state index contributed by atoms with van der Waals surface area (Å²) in [6.45, 7) is 4.24. The van der Waals surface area contributed by atoms with Gasteiger partial charge in [0, 0.05) is 41.6 Å². The highest BCUT2D eigenvalue weighted by atomic mass is 32.2. The smallest absolute Gasteiger partial charge is 0.253 e. The average molecular weight is 268 g/mol. The Kier molecular flexibility index (Phi) is 5.34. The first-order valence-corrected chi connectivity index (χ1v) is 7.46. The van der Waals surface area contributed by atoms with E-state index in [0.717, 1.165) is 11.3 Å². The zero-order chi connectivity index (χ0) is 13.7. The Morgan fingerprint density at radius 2 is 2.11 bits per heavy atom. The van der Waals surface area contributed by atoms with Crippen molar-refractivity contribution in [3.8, 4) is 0 Å². The van der Waals surface area contributed by atoms with Gasteiger partial charge in [-0.05, 0) is 31.5 Å². The van der Waals surface area contributed by atoms with Crippen molar-refractivity contribution >= 4 is 22.4 Å². The zero-order valence-corrected chi connectivity index (χ0v) is 12.1. The van der Waals surface area contributed by atoms with E-state index in [9.17, 15) is 9.00 Å². The second kappa shape index (κ2) is 6.54. The first-order chi connectivity index (χ1) is 8.45. The first-order valence-electron chi connectivity index (χ1n) is 5.84. The highest BCUT2D eigenvalue weighted by Gasteiger charge is 2.13. The number of rotatable bonds is 5. The van der Waals surface area contributed by atoms with Gasteiger partial charge >= 0.3 is 0 Å². The van der Waals surface area contributed by atoms with E-state index >= 15 is 0 Å². The molecule has 1 aromatic rings. The fourth-order valence-electron chi connectivity index (χ4n) is 1.51. The van der Waals surface area contributed by atoms with Crippen LogP contribution >= 0.6 is 0 Å². The molecule has 0 aliphatic rings. The van der Waals surface area contributed by atoms with Crippen molar-refractivity contribution in [2.45, 2.75) is 19.1 Å². The summed E-state index contributed by atoms with van der Waals surface area (Å²) in [5.41, 5.74) is 2.51. The molecule has 0 aliphatic heterocycles. The van der Waals surface area contributed by atoms with Gasteiger partial charge in [0.05, 0.1) is 5.56 Å². The van der Waals surface area contributed by atoms with Crippen LogP contribution in [-0.4, -0.2) is 35.2 Å². The molecule has 100 valence electrons. The van der Waals surface area contributed by atoms with Crippen molar-refractivity contribution in [1.29, 1.82) is 0 Å². The Morgan fingerprint density at radius 1 is 1.44 bits per heavy atom. The van der Waals surface area contributed by atoms with E-state index in [2.05, 4.69) is 10.6 Å². The van der Waals surface area contributed by atoms with Gasteiger partial charge in [-0.3, -0.25) is 9.00 Å². The summed E-state index contributed by atoms with van der Waals surface area (Å²) in [5.74, 6) is -0.142. The molecule has 0 aliphatic carbocycles. The number of hydrogen-bond acceptors (Lipinski definition) is 3. The summed E-state index contributed by atoms with van der Waals surface area (Å²) in [5, 5.41) is 5.77. The van der Waals surface area contributed by atoms with Crippen molar-refractivity contribution in [1.82, 2.24) is 5.32 Å². The van der Waals surface area contributed by atoms with Crippen molar-refractivity contribution in [2.24, 2.45) is 0 Å². The Balaban J connectivity index is 2.75. The Hall–Kier alpha value is -1.36. The van der Waals surface area contributed by atoms with Gasteiger partial charge in [0.25, 0.3) is 5.91 Å². The van der Waals surface area contributed by atoms with E-state index in [1.807, 2.05) is 26.0 Å². The highest BCUT2D eigenvalue weighted by molar-refractivity contribution is 7.84. The zero-order valence-electron chi connectivity index (χ0n) is 11.2. The maximum absolute atomic E-state index is 12.0. The van der Waals surface area contributed by atoms with Crippen molar-refractivity contribution < 1.29 is 9.00 Å². The van der Waals surface area contributed by atoms with Crippen LogP contribution in [0.1, 0.15) is 22.8 Å². The molecule has 0 aromatic heterocycles. The second-order valence-electron chi connectivity index (χ2n) is 4.32. The first kappa shape index (κ1) is 14.7. The van der Waals surface area contributed by atoms with E-state index in [1.165, 1.54) is 0 Å². The van der Waals surface area contributed by atoms with Gasteiger partial charge in [-0.2, -0.15) is 0 Å². The largest absolute Gasteiger partial charge is 0.387 e. The third-order valence-corrected chi connectivity index (χ3v) is 4.11. The molecule has 4 nitrogen and oxygen atoms in total. The molecule has 0 saturated carbocycles. The minimum atomic E-state index is -0.924. The van der Waals surface area contributed by atoms with Crippen LogP contribution in [0.2, 0.25) is 0 Å². The molecule has 2 N–H and O–H groups in total. The third kappa shape index (κ3) is 3.84. The molecular weight excluding hydrogens is 248 g/mol. The molecule has 1 rings (SSSR count). The minimum absolute atomic E-state index is 0.0440. The predicted molar refractivity (Wildman–Crippen MR) is 76.6 cm³/mol. The number of benzene rings is 1. The molecule has 0 spiro atoms. The number of carbonyl (C=O) groups excluding carboxylic acids is 1.